The fourth-order valence-electron chi connectivity index (χ4n) is 2.47. The molecule has 2 aromatic heterocycles. The van der Waals surface area contributed by atoms with Crippen molar-refractivity contribution < 1.29 is 9.21 Å². The SMILES string of the molecule is Cc1ccc(CSc2nc3ccc(NC(=O)c4ccco4)cc3s2)cc1. The van der Waals surface area contributed by atoms with Crippen molar-refractivity contribution in [2.24, 2.45) is 0 Å². The summed E-state index contributed by atoms with van der Waals surface area (Å²) in [5, 5.41) is 2.85. The van der Waals surface area contributed by atoms with E-state index in [4.69, 9.17) is 4.42 Å². The molecule has 0 atom stereocenters. The molecule has 0 unspecified atom stereocenters. The summed E-state index contributed by atoms with van der Waals surface area (Å²) in [6.45, 7) is 2.09. The zero-order valence-corrected chi connectivity index (χ0v) is 15.7. The third-order valence-corrected chi connectivity index (χ3v) is 6.09. The van der Waals surface area contributed by atoms with Crippen LogP contribution in [0.15, 0.2) is 69.6 Å². The fourth-order valence-corrected chi connectivity index (χ4v) is 4.54. The minimum absolute atomic E-state index is 0.257. The van der Waals surface area contributed by atoms with E-state index in [-0.39, 0.29) is 5.91 Å². The summed E-state index contributed by atoms with van der Waals surface area (Å²) in [5.41, 5.74) is 4.23. The highest BCUT2D eigenvalue weighted by molar-refractivity contribution is 8.00. The van der Waals surface area contributed by atoms with Gasteiger partial charge in [0.1, 0.15) is 0 Å². The summed E-state index contributed by atoms with van der Waals surface area (Å²) < 4.78 is 7.19. The maximum atomic E-state index is 12.1. The van der Waals surface area contributed by atoms with Crippen molar-refractivity contribution in [1.82, 2.24) is 4.98 Å². The van der Waals surface area contributed by atoms with Gasteiger partial charge in [-0.15, -0.1) is 11.3 Å². The van der Waals surface area contributed by atoms with E-state index < -0.39 is 0 Å². The van der Waals surface area contributed by atoms with Crippen molar-refractivity contribution in [2.75, 3.05) is 5.32 Å². The number of fused-ring (bicyclic) bond motifs is 1. The molecule has 2 aromatic carbocycles. The van der Waals surface area contributed by atoms with Crippen LogP contribution in [0.4, 0.5) is 5.69 Å². The monoisotopic (exact) mass is 380 g/mol. The first-order valence-corrected chi connectivity index (χ1v) is 9.91. The van der Waals surface area contributed by atoms with Crippen LogP contribution < -0.4 is 5.32 Å². The first-order chi connectivity index (χ1) is 12.7. The highest BCUT2D eigenvalue weighted by Gasteiger charge is 2.10. The zero-order chi connectivity index (χ0) is 17.9. The van der Waals surface area contributed by atoms with Gasteiger partial charge in [-0.25, -0.2) is 4.98 Å². The number of carbonyl (C=O) groups is 1. The second-order valence-electron chi connectivity index (χ2n) is 5.87. The molecule has 4 nitrogen and oxygen atoms in total. The number of aryl methyl sites for hydroxylation is 1. The van der Waals surface area contributed by atoms with Gasteiger partial charge in [0.15, 0.2) is 10.1 Å². The molecule has 130 valence electrons. The van der Waals surface area contributed by atoms with E-state index >= 15 is 0 Å². The molecule has 0 aliphatic carbocycles. The Bertz CT molecular complexity index is 1040. The van der Waals surface area contributed by atoms with Crippen molar-refractivity contribution >= 4 is 44.9 Å². The Kier molecular flexibility index (Phi) is 4.77. The van der Waals surface area contributed by atoms with Crippen LogP contribution in [-0.2, 0) is 5.75 Å². The van der Waals surface area contributed by atoms with Crippen LogP contribution in [0.25, 0.3) is 10.2 Å². The van der Waals surface area contributed by atoms with Gasteiger partial charge >= 0.3 is 0 Å². The number of carbonyl (C=O) groups excluding carboxylic acids is 1. The molecular weight excluding hydrogens is 364 g/mol. The second kappa shape index (κ2) is 7.35. The summed E-state index contributed by atoms with van der Waals surface area (Å²) in [5.74, 6) is 0.930. The topological polar surface area (TPSA) is 55.1 Å². The van der Waals surface area contributed by atoms with Gasteiger partial charge in [-0.3, -0.25) is 4.79 Å². The number of thiazole rings is 1. The Morgan fingerprint density at radius 3 is 2.81 bits per heavy atom. The Labute approximate surface area is 159 Å². The third-order valence-electron chi connectivity index (χ3n) is 3.85. The Morgan fingerprint density at radius 2 is 2.04 bits per heavy atom. The van der Waals surface area contributed by atoms with Gasteiger partial charge in [0.05, 0.1) is 16.5 Å². The maximum Gasteiger partial charge on any atom is 0.291 e. The molecule has 0 aliphatic rings. The predicted octanol–water partition coefficient (Wildman–Crippen LogP) is 5.74. The van der Waals surface area contributed by atoms with Gasteiger partial charge in [-0.05, 0) is 42.8 Å². The van der Waals surface area contributed by atoms with Crippen LogP contribution in [0.1, 0.15) is 21.7 Å². The lowest BCUT2D eigenvalue weighted by Crippen LogP contribution is -2.10. The second-order valence-corrected chi connectivity index (χ2v) is 8.12. The number of aromatic nitrogens is 1. The number of hydrogen-bond acceptors (Lipinski definition) is 5. The quantitative estimate of drug-likeness (QED) is 0.448. The molecule has 0 fully saturated rings. The highest BCUT2D eigenvalue weighted by atomic mass is 32.2. The first kappa shape index (κ1) is 16.9. The standard InChI is InChI=1S/C20H16N2O2S2/c1-13-4-6-14(7-5-13)12-25-20-22-16-9-8-15(11-18(16)26-20)21-19(23)17-3-2-10-24-17/h2-11H,12H2,1H3,(H,21,23). The molecule has 4 aromatic rings. The summed E-state index contributed by atoms with van der Waals surface area (Å²) in [6, 6.07) is 17.6. The molecule has 6 heteroatoms. The van der Waals surface area contributed by atoms with Crippen LogP contribution in [0.3, 0.4) is 0 Å². The number of thioether (sulfide) groups is 1. The molecular formula is C20H16N2O2S2. The van der Waals surface area contributed by atoms with Crippen LogP contribution in [0, 0.1) is 6.92 Å². The van der Waals surface area contributed by atoms with Crippen molar-refractivity contribution in [3.8, 4) is 0 Å². The van der Waals surface area contributed by atoms with E-state index in [0.717, 1.165) is 26.0 Å². The average Bonchev–Trinajstić information content (AvgIpc) is 3.30. The molecule has 2 heterocycles. The molecule has 26 heavy (non-hydrogen) atoms. The van der Waals surface area contributed by atoms with E-state index in [1.54, 1.807) is 35.2 Å². The van der Waals surface area contributed by atoms with Crippen LogP contribution >= 0.6 is 23.1 Å². The van der Waals surface area contributed by atoms with Gasteiger partial charge in [-0.2, -0.15) is 0 Å². The third kappa shape index (κ3) is 3.81. The van der Waals surface area contributed by atoms with Gasteiger partial charge in [0.25, 0.3) is 5.91 Å². The van der Waals surface area contributed by atoms with Crippen molar-refractivity contribution in [2.45, 2.75) is 17.0 Å². The lowest BCUT2D eigenvalue weighted by molar-refractivity contribution is 0.0996. The number of amides is 1. The lowest BCUT2D eigenvalue weighted by atomic mass is 10.2. The number of nitrogens with zero attached hydrogens (tertiary/aromatic N) is 1. The molecule has 0 aliphatic heterocycles. The normalized spacial score (nSPS) is 11.0. The largest absolute Gasteiger partial charge is 0.459 e. The molecule has 0 saturated carbocycles. The molecule has 1 N–H and O–H groups in total. The summed E-state index contributed by atoms with van der Waals surface area (Å²) in [4.78, 5) is 16.7. The Hall–Kier alpha value is -2.57. The van der Waals surface area contributed by atoms with E-state index in [0.29, 0.717) is 5.76 Å². The lowest BCUT2D eigenvalue weighted by Gasteiger charge is -2.02. The van der Waals surface area contributed by atoms with Gasteiger partial charge in [0.2, 0.25) is 0 Å². The van der Waals surface area contributed by atoms with Gasteiger partial charge in [0, 0.05) is 11.4 Å². The number of rotatable bonds is 5. The number of benzene rings is 2. The van der Waals surface area contributed by atoms with Crippen LogP contribution in [0.5, 0.6) is 0 Å². The van der Waals surface area contributed by atoms with Crippen LogP contribution in [-0.4, -0.2) is 10.9 Å². The summed E-state index contributed by atoms with van der Waals surface area (Å²) in [7, 11) is 0. The molecule has 1 amide bonds. The van der Waals surface area contributed by atoms with Crippen LogP contribution in [0.2, 0.25) is 0 Å². The first-order valence-electron chi connectivity index (χ1n) is 8.11. The fraction of sp³-hybridized carbons (Fsp3) is 0.100. The molecule has 4 rings (SSSR count). The van der Waals surface area contributed by atoms with E-state index in [9.17, 15) is 4.79 Å². The zero-order valence-electron chi connectivity index (χ0n) is 14.1. The van der Waals surface area contributed by atoms with Crippen molar-refractivity contribution in [3.63, 3.8) is 0 Å². The van der Waals surface area contributed by atoms with E-state index in [2.05, 4.69) is 41.5 Å². The predicted molar refractivity (Wildman–Crippen MR) is 107 cm³/mol. The minimum atomic E-state index is -0.257. The minimum Gasteiger partial charge on any atom is -0.459 e. The number of nitrogens with one attached hydrogen (secondary N) is 1. The van der Waals surface area contributed by atoms with Gasteiger partial charge < -0.3 is 9.73 Å². The van der Waals surface area contributed by atoms with Crippen molar-refractivity contribution in [1.29, 1.82) is 0 Å². The van der Waals surface area contributed by atoms with E-state index in [1.165, 1.54) is 17.4 Å². The molecule has 0 spiro atoms. The number of furan rings is 1. The molecule has 0 radical (unpaired) electrons. The summed E-state index contributed by atoms with van der Waals surface area (Å²) in [6.07, 6.45) is 1.48. The smallest absolute Gasteiger partial charge is 0.291 e. The number of hydrogen-bond donors (Lipinski definition) is 1. The Balaban J connectivity index is 1.47. The average molecular weight is 380 g/mol. The highest BCUT2D eigenvalue weighted by Crippen LogP contribution is 2.33. The molecule has 0 bridgehead atoms. The number of anilines is 1. The Morgan fingerprint density at radius 1 is 1.19 bits per heavy atom. The van der Waals surface area contributed by atoms with E-state index in [1.807, 2.05) is 18.2 Å². The van der Waals surface area contributed by atoms with Crippen molar-refractivity contribution in [3.05, 3.63) is 77.7 Å². The molecule has 0 saturated heterocycles. The maximum absolute atomic E-state index is 12.1. The van der Waals surface area contributed by atoms with Gasteiger partial charge in [-0.1, -0.05) is 41.6 Å². The summed E-state index contributed by atoms with van der Waals surface area (Å²) >= 11 is 3.36.